The van der Waals surface area contributed by atoms with Crippen molar-refractivity contribution >= 4 is 18.0 Å². The average molecular weight is 463 g/mol. The molecule has 0 radical (unpaired) electrons. The van der Waals surface area contributed by atoms with E-state index < -0.39 is 6.60 Å². The van der Waals surface area contributed by atoms with Crippen LogP contribution in [-0.2, 0) is 0 Å². The Morgan fingerprint density at radius 3 is 2.09 bits per heavy atom. The van der Waals surface area contributed by atoms with Crippen molar-refractivity contribution in [2.75, 3.05) is 12.3 Å². The molecule has 0 aromatic heterocycles. The summed E-state index contributed by atoms with van der Waals surface area (Å²) < 4.78 is 0. The van der Waals surface area contributed by atoms with Gasteiger partial charge in [0.25, 0.3) is 0 Å². The molecule has 1 fully saturated rings. The normalized spacial score (nSPS) is 20.9. The summed E-state index contributed by atoms with van der Waals surface area (Å²) in [4.78, 5) is 0. The molecule has 0 N–H and O–H groups in total. The van der Waals surface area contributed by atoms with Crippen molar-refractivity contribution in [3.8, 4) is 0 Å². The van der Waals surface area contributed by atoms with Crippen LogP contribution in [0.3, 0.4) is 0 Å². The van der Waals surface area contributed by atoms with Crippen LogP contribution in [-0.4, -0.2) is 18.0 Å². The van der Waals surface area contributed by atoms with E-state index in [0.29, 0.717) is 5.66 Å². The molecule has 2 aliphatic carbocycles. The third-order valence-corrected chi connectivity index (χ3v) is 17.9. The first-order chi connectivity index (χ1) is 16.1. The molecule has 33 heavy (non-hydrogen) atoms. The van der Waals surface area contributed by atoms with Gasteiger partial charge in [0.2, 0.25) is 0 Å². The van der Waals surface area contributed by atoms with Crippen LogP contribution in [0, 0.1) is 6.92 Å². The van der Waals surface area contributed by atoms with E-state index in [4.69, 9.17) is 0 Å². The van der Waals surface area contributed by atoms with Crippen molar-refractivity contribution in [3.63, 3.8) is 0 Å². The van der Waals surface area contributed by atoms with Gasteiger partial charge in [0.1, 0.15) is 0 Å². The summed E-state index contributed by atoms with van der Waals surface area (Å²) in [6, 6.07) is 19.4. The predicted molar refractivity (Wildman–Crippen MR) is 152 cm³/mol. The standard InChI is InChI=1S/C32H47P/c1-4-6-26-33(25-5-2,30-22-19-27(3)20-23-30,29-16-11-9-7-8-10-12-17-29)32-24-21-28-15-13-14-18-31(28)32/h13-15,18-24,29,32H,4-12,16-17,25-26H2,1-3H3. The second kappa shape index (κ2) is 10.9. The van der Waals surface area contributed by atoms with Gasteiger partial charge in [-0.05, 0) is 0 Å². The zero-order valence-corrected chi connectivity index (χ0v) is 22.5. The first-order valence-corrected chi connectivity index (χ1v) is 16.7. The van der Waals surface area contributed by atoms with Gasteiger partial charge < -0.3 is 0 Å². The van der Waals surface area contributed by atoms with Gasteiger partial charge in [0.05, 0.1) is 0 Å². The molecule has 1 saturated carbocycles. The van der Waals surface area contributed by atoms with Crippen LogP contribution in [0.2, 0.25) is 0 Å². The van der Waals surface area contributed by atoms with Gasteiger partial charge >= 0.3 is 204 Å². The molecule has 0 nitrogen and oxygen atoms in total. The molecular formula is C32H47P. The zero-order chi connectivity index (χ0) is 23.2. The fourth-order valence-corrected chi connectivity index (χ4v) is 17.0. The maximum absolute atomic E-state index is 2.68. The van der Waals surface area contributed by atoms with Crippen molar-refractivity contribution in [1.29, 1.82) is 0 Å². The number of unbranched alkanes of at least 4 members (excludes halogenated alkanes) is 1. The molecule has 2 aromatic carbocycles. The van der Waals surface area contributed by atoms with E-state index in [0.717, 1.165) is 5.66 Å². The molecule has 2 aromatic rings. The number of aryl methyl sites for hydroxylation is 1. The van der Waals surface area contributed by atoms with Gasteiger partial charge in [-0.2, -0.15) is 0 Å². The Morgan fingerprint density at radius 1 is 0.758 bits per heavy atom. The predicted octanol–water partition coefficient (Wildman–Crippen LogP) is 9.65. The van der Waals surface area contributed by atoms with Crippen molar-refractivity contribution in [2.45, 2.75) is 103 Å². The third-order valence-electron chi connectivity index (χ3n) is 9.19. The molecule has 180 valence electrons. The molecule has 0 bridgehead atoms. The van der Waals surface area contributed by atoms with Crippen molar-refractivity contribution in [2.24, 2.45) is 0 Å². The fourth-order valence-electron chi connectivity index (χ4n) is 7.65. The molecular weight excluding hydrogens is 415 g/mol. The Hall–Kier alpha value is -1.39. The van der Waals surface area contributed by atoms with E-state index in [1.807, 2.05) is 0 Å². The summed E-state index contributed by atoms with van der Waals surface area (Å²) in [7, 11) is 0. The number of hydrogen-bond acceptors (Lipinski definition) is 0. The van der Waals surface area contributed by atoms with E-state index in [2.05, 4.69) is 81.5 Å². The summed E-state index contributed by atoms with van der Waals surface area (Å²) in [5.74, 6) is 0. The molecule has 0 spiro atoms. The Kier molecular flexibility index (Phi) is 8.17. The molecule has 0 amide bonds. The molecule has 4 rings (SSSR count). The van der Waals surface area contributed by atoms with Crippen LogP contribution in [0.4, 0.5) is 0 Å². The minimum atomic E-state index is -2.37. The number of rotatable bonds is 8. The van der Waals surface area contributed by atoms with Gasteiger partial charge in [-0.25, -0.2) is 0 Å². The Bertz CT molecular complexity index is 916. The molecule has 1 heteroatoms. The Morgan fingerprint density at radius 2 is 1.42 bits per heavy atom. The van der Waals surface area contributed by atoms with Gasteiger partial charge in [-0.1, -0.05) is 0 Å². The first kappa shape index (κ1) is 24.7. The van der Waals surface area contributed by atoms with Crippen LogP contribution >= 0.6 is 6.60 Å². The molecule has 1 atom stereocenters. The van der Waals surface area contributed by atoms with Crippen LogP contribution < -0.4 is 5.30 Å². The van der Waals surface area contributed by atoms with Crippen molar-refractivity contribution in [1.82, 2.24) is 0 Å². The topological polar surface area (TPSA) is 0 Å². The minimum absolute atomic E-state index is 0.604. The molecule has 0 saturated heterocycles. The number of benzene rings is 2. The molecule has 0 aliphatic heterocycles. The van der Waals surface area contributed by atoms with Crippen molar-refractivity contribution in [3.05, 3.63) is 71.3 Å². The van der Waals surface area contributed by atoms with Crippen molar-refractivity contribution < 1.29 is 0 Å². The van der Waals surface area contributed by atoms with E-state index in [-0.39, 0.29) is 0 Å². The van der Waals surface area contributed by atoms with Crippen LogP contribution in [0.5, 0.6) is 0 Å². The molecule has 1 unspecified atom stereocenters. The summed E-state index contributed by atoms with van der Waals surface area (Å²) in [5, 5.41) is 1.76. The quantitative estimate of drug-likeness (QED) is 0.342. The van der Waals surface area contributed by atoms with Gasteiger partial charge in [-0.3, -0.25) is 0 Å². The van der Waals surface area contributed by atoms with Gasteiger partial charge in [0, 0.05) is 0 Å². The summed E-state index contributed by atoms with van der Waals surface area (Å²) in [6.07, 6.45) is 23.5. The van der Waals surface area contributed by atoms with E-state index in [1.54, 1.807) is 10.9 Å². The van der Waals surface area contributed by atoms with Crippen LogP contribution in [0.25, 0.3) is 6.08 Å². The molecule has 2 aliphatic rings. The van der Waals surface area contributed by atoms with E-state index >= 15 is 0 Å². The number of allylic oxidation sites excluding steroid dienone is 1. The zero-order valence-electron chi connectivity index (χ0n) is 21.6. The van der Waals surface area contributed by atoms with Crippen LogP contribution in [0.15, 0.2) is 54.6 Å². The maximum atomic E-state index is 2.68. The van der Waals surface area contributed by atoms with Gasteiger partial charge in [0.15, 0.2) is 0 Å². The summed E-state index contributed by atoms with van der Waals surface area (Å²) in [5.41, 5.74) is 6.00. The SMILES string of the molecule is CCCCP(CCC)(c1ccc(C)cc1)(C1CCCCCCCC1)C1C=Cc2ccccc21. The molecule has 0 heterocycles. The Balaban J connectivity index is 2.00. The number of fused-ring (bicyclic) bond motifs is 1. The summed E-state index contributed by atoms with van der Waals surface area (Å²) in [6.45, 7) is 4.77. The van der Waals surface area contributed by atoms with Crippen LogP contribution in [0.1, 0.15) is 107 Å². The first-order valence-electron chi connectivity index (χ1n) is 14.0. The average Bonchev–Trinajstić information content (AvgIpc) is 3.33. The van der Waals surface area contributed by atoms with E-state index in [9.17, 15) is 0 Å². The monoisotopic (exact) mass is 462 g/mol. The summed E-state index contributed by atoms with van der Waals surface area (Å²) >= 11 is 0. The van der Waals surface area contributed by atoms with Gasteiger partial charge in [-0.15, -0.1) is 0 Å². The fraction of sp³-hybridized carbons (Fsp3) is 0.562. The second-order valence-corrected chi connectivity index (χ2v) is 17.2. The third kappa shape index (κ3) is 4.50. The van der Waals surface area contributed by atoms with E-state index in [1.165, 1.54) is 94.1 Å². The number of hydrogen-bond donors (Lipinski definition) is 0. The Labute approximate surface area is 204 Å². The second-order valence-electron chi connectivity index (χ2n) is 11.1.